The molecule has 2 aromatic rings. The molecule has 2 aromatic carbocycles. The lowest BCUT2D eigenvalue weighted by Gasteiger charge is -2.03. The predicted octanol–water partition coefficient (Wildman–Crippen LogP) is 3.50. The van der Waals surface area contributed by atoms with Crippen LogP contribution in [0.15, 0.2) is 67.3 Å². The molecule has 0 fully saturated rings. The van der Waals surface area contributed by atoms with Gasteiger partial charge in [-0.25, -0.2) is 14.8 Å². The Morgan fingerprint density at radius 3 is 2.04 bits per heavy atom. The zero-order valence-corrected chi connectivity index (χ0v) is 13.5. The Balaban J connectivity index is 1.94. The van der Waals surface area contributed by atoms with Crippen molar-refractivity contribution in [3.8, 4) is 11.5 Å². The van der Waals surface area contributed by atoms with Gasteiger partial charge in [0, 0.05) is 6.08 Å². The van der Waals surface area contributed by atoms with Crippen LogP contribution in [0.4, 0.5) is 0 Å². The van der Waals surface area contributed by atoms with E-state index in [4.69, 9.17) is 14.7 Å². The van der Waals surface area contributed by atoms with Crippen LogP contribution in [0, 0.1) is 0 Å². The van der Waals surface area contributed by atoms with Crippen LogP contribution < -0.4 is 9.62 Å². The average molecular weight is 340 g/mol. The van der Waals surface area contributed by atoms with E-state index >= 15 is 0 Å². The van der Waals surface area contributed by atoms with Crippen molar-refractivity contribution in [2.24, 2.45) is 0 Å². The van der Waals surface area contributed by atoms with E-state index in [-0.39, 0.29) is 11.3 Å². The predicted molar refractivity (Wildman–Crippen MR) is 91.3 cm³/mol. The maximum absolute atomic E-state index is 11.9. The van der Waals surface area contributed by atoms with Gasteiger partial charge in [-0.2, -0.15) is 0 Å². The van der Waals surface area contributed by atoms with Crippen molar-refractivity contribution < 1.29 is 29.2 Å². The first-order valence-corrected chi connectivity index (χ1v) is 7.22. The van der Waals surface area contributed by atoms with E-state index in [2.05, 4.69) is 11.5 Å². The standard InChI is InChI=1S/C19H16O6/c1-13(14-4-10-17(25-22)11-5-14)3-12-18(20)24-19(21)15-6-8-16(23-2)9-7-15/h3-12,22H,1H2,2H3/b12-3-. The largest absolute Gasteiger partial charge is 0.497 e. The normalized spacial score (nSPS) is 10.3. The number of rotatable bonds is 6. The summed E-state index contributed by atoms with van der Waals surface area (Å²) in [5, 5.41) is 8.51. The fourth-order valence-corrected chi connectivity index (χ4v) is 1.91. The Labute approximate surface area is 144 Å². The summed E-state index contributed by atoms with van der Waals surface area (Å²) in [6.45, 7) is 3.81. The van der Waals surface area contributed by atoms with Crippen molar-refractivity contribution in [2.45, 2.75) is 0 Å². The first-order chi connectivity index (χ1) is 12.0. The van der Waals surface area contributed by atoms with Crippen LogP contribution >= 0.6 is 0 Å². The molecule has 0 aliphatic rings. The first-order valence-electron chi connectivity index (χ1n) is 7.22. The number of hydrogen-bond donors (Lipinski definition) is 1. The second-order valence-electron chi connectivity index (χ2n) is 4.91. The van der Waals surface area contributed by atoms with Crippen molar-refractivity contribution in [1.29, 1.82) is 0 Å². The van der Waals surface area contributed by atoms with Gasteiger partial charge in [0.1, 0.15) is 5.75 Å². The topological polar surface area (TPSA) is 82.1 Å². The van der Waals surface area contributed by atoms with E-state index < -0.39 is 11.9 Å². The lowest BCUT2D eigenvalue weighted by Crippen LogP contribution is -2.10. The van der Waals surface area contributed by atoms with Gasteiger partial charge in [-0.05, 0) is 53.6 Å². The minimum atomic E-state index is -0.808. The zero-order valence-electron chi connectivity index (χ0n) is 13.5. The van der Waals surface area contributed by atoms with E-state index in [0.717, 1.165) is 6.08 Å². The number of carbonyl (C=O) groups excluding carboxylic acids is 2. The molecule has 0 bridgehead atoms. The summed E-state index contributed by atoms with van der Waals surface area (Å²) >= 11 is 0. The van der Waals surface area contributed by atoms with Crippen LogP contribution in [0.3, 0.4) is 0 Å². The number of ether oxygens (including phenoxy) is 2. The van der Waals surface area contributed by atoms with Gasteiger partial charge in [0.25, 0.3) is 0 Å². The molecule has 0 aliphatic carbocycles. The van der Waals surface area contributed by atoms with Gasteiger partial charge < -0.3 is 14.4 Å². The minimum absolute atomic E-state index is 0.237. The highest BCUT2D eigenvalue weighted by molar-refractivity contribution is 6.00. The first kappa shape index (κ1) is 18.0. The lowest BCUT2D eigenvalue weighted by molar-refractivity contribution is -0.137. The summed E-state index contributed by atoms with van der Waals surface area (Å²) in [7, 11) is 1.51. The second-order valence-corrected chi connectivity index (χ2v) is 4.91. The molecule has 1 N–H and O–H groups in total. The summed E-state index contributed by atoms with van der Waals surface area (Å²) in [5.41, 5.74) is 1.48. The third-order valence-corrected chi connectivity index (χ3v) is 3.27. The van der Waals surface area contributed by atoms with E-state index in [1.54, 1.807) is 36.4 Å². The molecule has 0 aliphatic heterocycles. The molecule has 0 saturated carbocycles. The maximum atomic E-state index is 11.9. The van der Waals surface area contributed by atoms with E-state index in [9.17, 15) is 9.59 Å². The van der Waals surface area contributed by atoms with Crippen molar-refractivity contribution in [3.63, 3.8) is 0 Å². The number of methoxy groups -OCH3 is 1. The molecular formula is C19H16O6. The molecule has 2 rings (SSSR count). The van der Waals surface area contributed by atoms with Crippen LogP contribution in [-0.4, -0.2) is 24.3 Å². The third-order valence-electron chi connectivity index (χ3n) is 3.27. The second kappa shape index (κ2) is 8.47. The molecular weight excluding hydrogens is 324 g/mol. The summed E-state index contributed by atoms with van der Waals surface area (Å²) in [4.78, 5) is 27.7. The molecule has 0 amide bonds. The Hall–Kier alpha value is -3.38. The number of esters is 2. The van der Waals surface area contributed by atoms with Crippen LogP contribution in [0.25, 0.3) is 5.57 Å². The molecule has 0 radical (unpaired) electrons. The molecule has 0 unspecified atom stereocenters. The van der Waals surface area contributed by atoms with Gasteiger partial charge in [0.15, 0.2) is 5.75 Å². The van der Waals surface area contributed by atoms with Crippen molar-refractivity contribution >= 4 is 17.5 Å². The molecule has 0 atom stereocenters. The molecule has 0 heterocycles. The fourth-order valence-electron chi connectivity index (χ4n) is 1.91. The third kappa shape index (κ3) is 5.05. The molecule has 6 heteroatoms. The summed E-state index contributed by atoms with van der Waals surface area (Å²) in [6, 6.07) is 12.6. The highest BCUT2D eigenvalue weighted by Crippen LogP contribution is 2.18. The van der Waals surface area contributed by atoms with Crippen LogP contribution in [0.1, 0.15) is 15.9 Å². The molecule has 6 nitrogen and oxygen atoms in total. The van der Waals surface area contributed by atoms with Crippen molar-refractivity contribution in [1.82, 2.24) is 0 Å². The smallest absolute Gasteiger partial charge is 0.346 e. The number of allylic oxidation sites excluding steroid dienone is 2. The molecule has 0 spiro atoms. The zero-order chi connectivity index (χ0) is 18.2. The van der Waals surface area contributed by atoms with Gasteiger partial charge >= 0.3 is 11.9 Å². The molecule has 0 saturated heterocycles. The number of benzene rings is 2. The Morgan fingerprint density at radius 1 is 0.920 bits per heavy atom. The van der Waals surface area contributed by atoms with Gasteiger partial charge in [-0.3, -0.25) is 0 Å². The monoisotopic (exact) mass is 340 g/mol. The van der Waals surface area contributed by atoms with Crippen molar-refractivity contribution in [2.75, 3.05) is 7.11 Å². The Bertz CT molecular complexity index is 788. The Kier molecular flexibility index (Phi) is 6.08. The lowest BCUT2D eigenvalue weighted by atomic mass is 10.1. The number of hydrogen-bond acceptors (Lipinski definition) is 6. The van der Waals surface area contributed by atoms with Crippen LogP contribution in [0.5, 0.6) is 11.5 Å². The Morgan fingerprint density at radius 2 is 1.48 bits per heavy atom. The minimum Gasteiger partial charge on any atom is -0.497 e. The average Bonchev–Trinajstić information content (AvgIpc) is 2.66. The van der Waals surface area contributed by atoms with Gasteiger partial charge in [-0.1, -0.05) is 18.7 Å². The summed E-state index contributed by atoms with van der Waals surface area (Å²) < 4.78 is 9.72. The highest BCUT2D eigenvalue weighted by Gasteiger charge is 2.11. The van der Waals surface area contributed by atoms with Gasteiger partial charge in [0.05, 0.1) is 12.7 Å². The van der Waals surface area contributed by atoms with Gasteiger partial charge in [-0.15, -0.1) is 0 Å². The van der Waals surface area contributed by atoms with E-state index in [0.29, 0.717) is 16.9 Å². The van der Waals surface area contributed by atoms with Gasteiger partial charge in [0.2, 0.25) is 0 Å². The SMILES string of the molecule is C=C(/C=C\C(=O)OC(=O)c1ccc(OC)cc1)c1ccc(OO)cc1. The fraction of sp³-hybridized carbons (Fsp3) is 0.0526. The molecule has 25 heavy (non-hydrogen) atoms. The highest BCUT2D eigenvalue weighted by atomic mass is 17.1. The maximum Gasteiger partial charge on any atom is 0.346 e. The van der Waals surface area contributed by atoms with Crippen LogP contribution in [0.2, 0.25) is 0 Å². The van der Waals surface area contributed by atoms with Crippen molar-refractivity contribution in [3.05, 3.63) is 78.4 Å². The molecule has 0 aromatic heterocycles. The van der Waals surface area contributed by atoms with E-state index in [1.807, 2.05) is 0 Å². The number of carbonyl (C=O) groups is 2. The van der Waals surface area contributed by atoms with E-state index in [1.165, 1.54) is 25.3 Å². The quantitative estimate of drug-likeness (QED) is 0.216. The van der Waals surface area contributed by atoms with Crippen LogP contribution in [-0.2, 0) is 9.53 Å². The summed E-state index contributed by atoms with van der Waals surface area (Å²) in [5.74, 6) is -0.689. The summed E-state index contributed by atoms with van der Waals surface area (Å²) in [6.07, 6.45) is 2.54. The molecule has 128 valence electrons.